The van der Waals surface area contributed by atoms with Gasteiger partial charge in [0.25, 0.3) is 5.91 Å². The van der Waals surface area contributed by atoms with Crippen LogP contribution in [0.4, 0.5) is 0 Å². The van der Waals surface area contributed by atoms with Crippen LogP contribution in [0.15, 0.2) is 30.3 Å². The molecule has 1 spiro atoms. The van der Waals surface area contributed by atoms with Crippen LogP contribution in [0.25, 0.3) is 22.3 Å². The number of piperidine rings is 1. The fourth-order valence-corrected chi connectivity index (χ4v) is 4.79. The van der Waals surface area contributed by atoms with E-state index in [-0.39, 0.29) is 17.1 Å². The molecular weight excluding hydrogens is 366 g/mol. The number of nitrogens with one attached hydrogen (secondary N) is 2. The first kappa shape index (κ1) is 18.1. The number of aromatic hydroxyl groups is 1. The lowest BCUT2D eigenvalue weighted by atomic mass is 9.80. The van der Waals surface area contributed by atoms with Gasteiger partial charge in [-0.3, -0.25) is 9.89 Å². The van der Waals surface area contributed by atoms with Gasteiger partial charge < -0.3 is 15.3 Å². The topological polar surface area (TPSA) is 94.1 Å². The summed E-state index contributed by atoms with van der Waals surface area (Å²) in [5.41, 5.74) is 3.79. The van der Waals surface area contributed by atoms with Crippen molar-refractivity contribution < 1.29 is 9.90 Å². The normalized spacial score (nSPS) is 21.9. The number of hydrogen-bond acceptors (Lipinski definition) is 5. The minimum absolute atomic E-state index is 0.0457. The minimum atomic E-state index is 0.0457. The van der Waals surface area contributed by atoms with E-state index in [1.807, 2.05) is 17.9 Å². The number of amides is 1. The third-order valence-corrected chi connectivity index (χ3v) is 6.39. The molecule has 0 radical (unpaired) electrons. The van der Waals surface area contributed by atoms with Gasteiger partial charge in [-0.25, -0.2) is 4.98 Å². The Morgan fingerprint density at radius 2 is 2.07 bits per heavy atom. The zero-order chi connectivity index (χ0) is 20.0. The molecule has 7 nitrogen and oxygen atoms in total. The van der Waals surface area contributed by atoms with E-state index in [4.69, 9.17) is 0 Å². The van der Waals surface area contributed by atoms with Crippen molar-refractivity contribution >= 4 is 16.9 Å². The molecule has 5 rings (SSSR count). The van der Waals surface area contributed by atoms with Gasteiger partial charge >= 0.3 is 0 Å². The molecule has 0 aliphatic carbocycles. The quantitative estimate of drug-likeness (QED) is 0.625. The summed E-state index contributed by atoms with van der Waals surface area (Å²) in [6.07, 6.45) is 3.40. The number of phenols is 1. The van der Waals surface area contributed by atoms with Gasteiger partial charge in [0.2, 0.25) is 0 Å². The van der Waals surface area contributed by atoms with Crippen LogP contribution in [0.5, 0.6) is 5.75 Å². The van der Waals surface area contributed by atoms with Crippen LogP contribution in [-0.4, -0.2) is 57.3 Å². The monoisotopic (exact) mass is 391 g/mol. The first-order chi connectivity index (χ1) is 14.0. The minimum Gasteiger partial charge on any atom is -0.508 e. The number of phenolic OH excluding ortho intramolecular Hbond substituents is 1. The summed E-state index contributed by atoms with van der Waals surface area (Å²) < 4.78 is 0. The summed E-state index contributed by atoms with van der Waals surface area (Å²) in [6.45, 7) is 5.55. The number of hydrogen-bond donors (Lipinski definition) is 3. The number of carbonyl (C=O) groups is 1. The number of benzene rings is 1. The second-order valence-electron chi connectivity index (χ2n) is 8.39. The molecule has 2 fully saturated rings. The molecule has 1 aromatic carbocycles. The third-order valence-electron chi connectivity index (χ3n) is 6.39. The summed E-state index contributed by atoms with van der Waals surface area (Å²) in [5, 5.41) is 21.1. The summed E-state index contributed by atoms with van der Waals surface area (Å²) in [6, 6.07) is 8.73. The van der Waals surface area contributed by atoms with Gasteiger partial charge in [-0.1, -0.05) is 0 Å². The van der Waals surface area contributed by atoms with Crippen LogP contribution in [0.2, 0.25) is 0 Å². The van der Waals surface area contributed by atoms with E-state index < -0.39 is 0 Å². The lowest BCUT2D eigenvalue weighted by Gasteiger charge is -2.33. The Kier molecular flexibility index (Phi) is 4.28. The van der Waals surface area contributed by atoms with Crippen LogP contribution in [0.1, 0.15) is 35.3 Å². The SMILES string of the molecule is Cc1n[nH]c2nc(-c3ccc(O)cc3)cc(C(=O)N3CCC4(CCCNC4)C3)c12. The van der Waals surface area contributed by atoms with E-state index in [0.717, 1.165) is 49.2 Å². The number of pyridine rings is 1. The molecule has 2 aliphatic rings. The Balaban J connectivity index is 1.54. The molecule has 2 aliphatic heterocycles. The molecule has 1 atom stereocenters. The maximum atomic E-state index is 13.6. The van der Waals surface area contributed by atoms with Crippen molar-refractivity contribution in [2.24, 2.45) is 5.41 Å². The number of nitrogens with zero attached hydrogens (tertiary/aromatic N) is 3. The van der Waals surface area contributed by atoms with Crippen molar-refractivity contribution in [1.82, 2.24) is 25.4 Å². The van der Waals surface area contributed by atoms with Crippen LogP contribution in [-0.2, 0) is 0 Å². The van der Waals surface area contributed by atoms with E-state index in [1.54, 1.807) is 24.3 Å². The largest absolute Gasteiger partial charge is 0.508 e. The molecule has 3 N–H and O–H groups in total. The van der Waals surface area contributed by atoms with Crippen molar-refractivity contribution in [3.05, 3.63) is 41.6 Å². The van der Waals surface area contributed by atoms with Crippen molar-refractivity contribution in [1.29, 1.82) is 0 Å². The highest BCUT2D eigenvalue weighted by Crippen LogP contribution is 2.38. The zero-order valence-corrected chi connectivity index (χ0v) is 16.5. The molecule has 2 saturated heterocycles. The van der Waals surface area contributed by atoms with Gasteiger partial charge in [-0.05, 0) is 63.1 Å². The molecule has 150 valence electrons. The Labute approximate surface area is 169 Å². The number of likely N-dealkylation sites (tertiary alicyclic amines) is 1. The van der Waals surface area contributed by atoms with Crippen LogP contribution < -0.4 is 5.32 Å². The maximum absolute atomic E-state index is 13.6. The Bertz CT molecular complexity index is 1070. The highest BCUT2D eigenvalue weighted by Gasteiger charge is 2.41. The number of fused-ring (bicyclic) bond motifs is 1. The zero-order valence-electron chi connectivity index (χ0n) is 16.5. The van der Waals surface area contributed by atoms with Gasteiger partial charge in [0, 0.05) is 30.6 Å². The van der Waals surface area contributed by atoms with Gasteiger partial charge in [-0.2, -0.15) is 5.10 Å². The lowest BCUT2D eigenvalue weighted by Crippen LogP contribution is -2.42. The van der Waals surface area contributed by atoms with Gasteiger partial charge in [0.1, 0.15) is 5.75 Å². The van der Waals surface area contributed by atoms with E-state index >= 15 is 0 Å². The van der Waals surface area contributed by atoms with Crippen LogP contribution in [0, 0.1) is 12.3 Å². The third kappa shape index (κ3) is 3.15. The highest BCUT2D eigenvalue weighted by atomic mass is 16.3. The average Bonchev–Trinajstić information content (AvgIpc) is 3.32. The highest BCUT2D eigenvalue weighted by molar-refractivity contribution is 6.07. The number of aryl methyl sites for hydroxylation is 1. The predicted molar refractivity (Wildman–Crippen MR) is 111 cm³/mol. The van der Waals surface area contributed by atoms with E-state index in [0.29, 0.717) is 16.9 Å². The van der Waals surface area contributed by atoms with Crippen molar-refractivity contribution in [3.8, 4) is 17.0 Å². The molecule has 7 heteroatoms. The summed E-state index contributed by atoms with van der Waals surface area (Å²) in [5.74, 6) is 0.247. The summed E-state index contributed by atoms with van der Waals surface area (Å²) in [4.78, 5) is 20.2. The fourth-order valence-electron chi connectivity index (χ4n) is 4.79. The van der Waals surface area contributed by atoms with Crippen LogP contribution in [0.3, 0.4) is 0 Å². The standard InChI is InChI=1S/C22H25N5O2/c1-14-19-17(21(29)27-10-8-22(13-27)7-2-9-23-12-22)11-18(24-20(19)26-25-14)15-3-5-16(28)6-4-15/h3-6,11,23,28H,2,7-10,12-13H2,1H3,(H,24,25,26). The van der Waals surface area contributed by atoms with Gasteiger partial charge in [0.05, 0.1) is 22.3 Å². The smallest absolute Gasteiger partial charge is 0.254 e. The first-order valence-electron chi connectivity index (χ1n) is 10.2. The van der Waals surface area contributed by atoms with Crippen molar-refractivity contribution in [3.63, 3.8) is 0 Å². The van der Waals surface area contributed by atoms with Gasteiger partial charge in [0.15, 0.2) is 5.65 Å². The fraction of sp³-hybridized carbons (Fsp3) is 0.409. The number of aromatic amines is 1. The lowest BCUT2D eigenvalue weighted by molar-refractivity contribution is 0.0766. The summed E-state index contributed by atoms with van der Waals surface area (Å²) >= 11 is 0. The molecule has 4 heterocycles. The number of aromatic nitrogens is 3. The van der Waals surface area contributed by atoms with E-state index in [1.165, 1.54) is 12.8 Å². The molecule has 1 unspecified atom stereocenters. The Morgan fingerprint density at radius 1 is 1.24 bits per heavy atom. The van der Waals surface area contributed by atoms with Crippen molar-refractivity contribution in [2.45, 2.75) is 26.2 Å². The molecule has 0 bridgehead atoms. The molecular formula is C22H25N5O2. The molecule has 1 amide bonds. The second kappa shape index (κ2) is 6.84. The predicted octanol–water partition coefficient (Wildman–Crippen LogP) is 2.85. The molecule has 0 saturated carbocycles. The second-order valence-corrected chi connectivity index (χ2v) is 8.39. The van der Waals surface area contributed by atoms with E-state index in [2.05, 4.69) is 20.5 Å². The summed E-state index contributed by atoms with van der Waals surface area (Å²) in [7, 11) is 0. The molecule has 3 aromatic rings. The van der Waals surface area contributed by atoms with Crippen molar-refractivity contribution in [2.75, 3.05) is 26.2 Å². The van der Waals surface area contributed by atoms with Crippen LogP contribution >= 0.6 is 0 Å². The number of carbonyl (C=O) groups excluding carboxylic acids is 1. The number of H-pyrrole nitrogens is 1. The Hall–Kier alpha value is -2.93. The first-order valence-corrected chi connectivity index (χ1v) is 10.2. The average molecular weight is 391 g/mol. The van der Waals surface area contributed by atoms with E-state index in [9.17, 15) is 9.90 Å². The number of rotatable bonds is 2. The molecule has 29 heavy (non-hydrogen) atoms. The maximum Gasteiger partial charge on any atom is 0.254 e. The van der Waals surface area contributed by atoms with Gasteiger partial charge in [-0.15, -0.1) is 0 Å². The Morgan fingerprint density at radius 3 is 2.83 bits per heavy atom. The molecule has 2 aromatic heterocycles.